The van der Waals surface area contributed by atoms with Gasteiger partial charge in [-0.15, -0.1) is 10.2 Å². The monoisotopic (exact) mass is 476 g/mol. The molecule has 35 heavy (non-hydrogen) atoms. The van der Waals surface area contributed by atoms with Crippen molar-refractivity contribution in [2.24, 2.45) is 0 Å². The van der Waals surface area contributed by atoms with Gasteiger partial charge in [-0.05, 0) is 50.5 Å². The third-order valence-corrected chi connectivity index (χ3v) is 6.84. The number of nitrogens with one attached hydrogen (secondary N) is 1. The van der Waals surface area contributed by atoms with Gasteiger partial charge in [-0.1, -0.05) is 12.5 Å². The summed E-state index contributed by atoms with van der Waals surface area (Å²) in [5.41, 5.74) is 3.32. The van der Waals surface area contributed by atoms with Gasteiger partial charge in [0.1, 0.15) is 12.1 Å². The molecule has 1 saturated heterocycles. The van der Waals surface area contributed by atoms with E-state index in [0.29, 0.717) is 17.7 Å². The zero-order valence-corrected chi connectivity index (χ0v) is 20.5. The molecule has 2 aliphatic rings. The maximum Gasteiger partial charge on any atom is 0.216 e. The predicted molar refractivity (Wildman–Crippen MR) is 134 cm³/mol. The Morgan fingerprint density at radius 1 is 1.06 bits per heavy atom. The minimum Gasteiger partial charge on any atom is -0.481 e. The number of nitrogens with zero attached hydrogens (tertiary/aromatic N) is 5. The first-order valence-electron chi connectivity index (χ1n) is 12.1. The van der Waals surface area contributed by atoms with Gasteiger partial charge in [-0.3, -0.25) is 0 Å². The molecule has 0 amide bonds. The van der Waals surface area contributed by atoms with Crippen LogP contribution in [0.5, 0.6) is 11.6 Å². The zero-order valence-electron chi connectivity index (χ0n) is 20.5. The Bertz CT molecular complexity index is 1150. The molecular formula is C26H32N6O3. The number of aromatic nitrogens is 4. The molecule has 9 heteroatoms. The summed E-state index contributed by atoms with van der Waals surface area (Å²) in [6.45, 7) is 4.36. The van der Waals surface area contributed by atoms with Crippen molar-refractivity contribution < 1.29 is 14.2 Å². The third-order valence-electron chi connectivity index (χ3n) is 6.84. The van der Waals surface area contributed by atoms with Gasteiger partial charge >= 0.3 is 0 Å². The summed E-state index contributed by atoms with van der Waals surface area (Å²) in [5.74, 6) is 2.04. The van der Waals surface area contributed by atoms with Gasteiger partial charge in [0.25, 0.3) is 0 Å². The minimum absolute atomic E-state index is 0.120. The zero-order chi connectivity index (χ0) is 24.3. The van der Waals surface area contributed by atoms with Crippen LogP contribution in [0.4, 0.5) is 5.82 Å². The lowest BCUT2D eigenvalue weighted by atomic mass is 9.89. The maximum atomic E-state index is 5.89. The van der Waals surface area contributed by atoms with Crippen molar-refractivity contribution in [2.75, 3.05) is 39.0 Å². The highest BCUT2D eigenvalue weighted by atomic mass is 16.7. The topological polar surface area (TPSA) is 94.5 Å². The van der Waals surface area contributed by atoms with Gasteiger partial charge in [0.15, 0.2) is 12.6 Å². The molecule has 1 aromatic carbocycles. The van der Waals surface area contributed by atoms with Crippen molar-refractivity contribution in [3.05, 3.63) is 42.7 Å². The van der Waals surface area contributed by atoms with Crippen molar-refractivity contribution in [3.63, 3.8) is 0 Å². The molecule has 184 valence electrons. The van der Waals surface area contributed by atoms with Crippen molar-refractivity contribution in [2.45, 2.75) is 44.2 Å². The number of hydrogen-bond donors (Lipinski definition) is 1. The van der Waals surface area contributed by atoms with Crippen LogP contribution in [0.15, 0.2) is 42.7 Å². The van der Waals surface area contributed by atoms with Crippen molar-refractivity contribution in [1.82, 2.24) is 25.5 Å². The van der Waals surface area contributed by atoms with Crippen LogP contribution >= 0.6 is 0 Å². The molecule has 0 bridgehead atoms. The van der Waals surface area contributed by atoms with E-state index in [9.17, 15) is 0 Å². The van der Waals surface area contributed by atoms with Gasteiger partial charge in [-0.25, -0.2) is 9.97 Å². The highest BCUT2D eigenvalue weighted by Crippen LogP contribution is 2.34. The molecule has 9 nitrogen and oxygen atoms in total. The highest BCUT2D eigenvalue weighted by molar-refractivity contribution is 5.73. The Kier molecular flexibility index (Phi) is 6.79. The summed E-state index contributed by atoms with van der Waals surface area (Å²) >= 11 is 0. The Morgan fingerprint density at radius 3 is 2.66 bits per heavy atom. The predicted octanol–water partition coefficient (Wildman–Crippen LogP) is 3.70. The first-order valence-corrected chi connectivity index (χ1v) is 12.1. The number of ether oxygens (including phenoxy) is 3. The van der Waals surface area contributed by atoms with E-state index in [0.717, 1.165) is 47.8 Å². The second kappa shape index (κ2) is 10.1. The first-order chi connectivity index (χ1) is 17.1. The number of anilines is 1. The molecule has 1 saturated carbocycles. The molecular weight excluding hydrogens is 444 g/mol. The fourth-order valence-electron chi connectivity index (χ4n) is 4.70. The lowest BCUT2D eigenvalue weighted by Gasteiger charge is -2.36. The highest BCUT2D eigenvalue weighted by Gasteiger charge is 2.37. The normalized spacial score (nSPS) is 20.0. The molecule has 2 aromatic heterocycles. The van der Waals surface area contributed by atoms with Crippen LogP contribution in [0, 0.1) is 0 Å². The third kappa shape index (κ3) is 5.21. The van der Waals surface area contributed by atoms with E-state index in [2.05, 4.69) is 37.3 Å². The van der Waals surface area contributed by atoms with E-state index in [1.54, 1.807) is 20.3 Å². The SMILES string of the molecule is COCOc1cc(-c2cc(OC)ncn2)ccc1-c1ccc(N2CC[C@](C)(NC3CCC3)C2)nn1. The van der Waals surface area contributed by atoms with Crippen molar-refractivity contribution in [1.29, 1.82) is 0 Å². The molecule has 1 N–H and O–H groups in total. The van der Waals surface area contributed by atoms with Gasteiger partial charge in [0.05, 0.1) is 18.5 Å². The standard InChI is InChI=1S/C26H32N6O3/c1-26(29-19-5-4-6-19)11-12-32(15-26)24-10-9-21(30-31-24)20-8-7-18(13-23(20)35-17-33-2)22-14-25(34-3)28-16-27-22/h7-10,13-14,16,19,29H,4-6,11-12,15,17H2,1-3H3/t26-/m0/s1. The summed E-state index contributed by atoms with van der Waals surface area (Å²) < 4.78 is 16.3. The van der Waals surface area contributed by atoms with Crippen LogP contribution in [0.1, 0.15) is 32.6 Å². The Hall–Kier alpha value is -3.30. The van der Waals surface area contributed by atoms with Crippen LogP contribution in [0.2, 0.25) is 0 Å². The molecule has 3 aromatic rings. The summed E-state index contributed by atoms with van der Waals surface area (Å²) in [6, 6.07) is 12.4. The quantitative estimate of drug-likeness (QED) is 0.464. The average molecular weight is 477 g/mol. The van der Waals surface area contributed by atoms with Crippen LogP contribution in [0.3, 0.4) is 0 Å². The number of benzene rings is 1. The fourth-order valence-corrected chi connectivity index (χ4v) is 4.70. The Morgan fingerprint density at radius 2 is 1.94 bits per heavy atom. The summed E-state index contributed by atoms with van der Waals surface area (Å²) in [6.07, 6.45) is 6.52. The van der Waals surface area contributed by atoms with Crippen molar-refractivity contribution >= 4 is 5.82 Å². The molecule has 1 aliphatic heterocycles. The lowest BCUT2D eigenvalue weighted by Crippen LogP contribution is -2.52. The second-order valence-electron chi connectivity index (χ2n) is 9.49. The van der Waals surface area contributed by atoms with E-state index in [1.807, 2.05) is 30.3 Å². The smallest absolute Gasteiger partial charge is 0.216 e. The number of methoxy groups -OCH3 is 2. The van der Waals surface area contributed by atoms with E-state index < -0.39 is 0 Å². The Balaban J connectivity index is 1.36. The molecule has 0 radical (unpaired) electrons. The van der Waals surface area contributed by atoms with Crippen molar-refractivity contribution in [3.8, 4) is 34.1 Å². The lowest BCUT2D eigenvalue weighted by molar-refractivity contribution is 0.0515. The van der Waals surface area contributed by atoms with E-state index in [-0.39, 0.29) is 12.3 Å². The van der Waals surface area contributed by atoms with Gasteiger partial charge in [0, 0.05) is 49.0 Å². The van der Waals surface area contributed by atoms with Crippen LogP contribution in [0.25, 0.3) is 22.5 Å². The molecule has 1 atom stereocenters. The summed E-state index contributed by atoms with van der Waals surface area (Å²) in [4.78, 5) is 10.8. The minimum atomic E-state index is 0.120. The van der Waals surface area contributed by atoms with Gasteiger partial charge in [-0.2, -0.15) is 0 Å². The summed E-state index contributed by atoms with van der Waals surface area (Å²) in [5, 5.41) is 13.0. The van der Waals surface area contributed by atoms with Gasteiger partial charge < -0.3 is 24.4 Å². The molecule has 5 rings (SSSR count). The molecule has 0 unspecified atom stereocenters. The first kappa shape index (κ1) is 23.4. The Labute approximate surface area is 205 Å². The van der Waals surface area contributed by atoms with E-state index >= 15 is 0 Å². The average Bonchev–Trinajstić information content (AvgIpc) is 3.27. The van der Waals surface area contributed by atoms with E-state index in [4.69, 9.17) is 14.2 Å². The van der Waals surface area contributed by atoms with Crippen LogP contribution in [-0.2, 0) is 4.74 Å². The maximum absolute atomic E-state index is 5.89. The van der Waals surface area contributed by atoms with Gasteiger partial charge in [0.2, 0.25) is 5.88 Å². The summed E-state index contributed by atoms with van der Waals surface area (Å²) in [7, 11) is 3.18. The fraction of sp³-hybridized carbons (Fsp3) is 0.462. The molecule has 0 spiro atoms. The van der Waals surface area contributed by atoms with Crippen LogP contribution in [-0.4, -0.2) is 65.8 Å². The van der Waals surface area contributed by atoms with E-state index in [1.165, 1.54) is 25.6 Å². The second-order valence-corrected chi connectivity index (χ2v) is 9.49. The molecule has 1 aliphatic carbocycles. The van der Waals surface area contributed by atoms with Crippen LogP contribution < -0.4 is 19.7 Å². The largest absolute Gasteiger partial charge is 0.481 e. The number of rotatable bonds is 9. The number of hydrogen-bond acceptors (Lipinski definition) is 9. The molecule has 2 fully saturated rings. The molecule has 3 heterocycles.